The van der Waals surface area contributed by atoms with E-state index in [1.165, 1.54) is 0 Å². The molecule has 4 rings (SSSR count). The van der Waals surface area contributed by atoms with Crippen LogP contribution in [-0.4, -0.2) is 39.0 Å². The fraction of sp³-hybridized carbons (Fsp3) is 0.167. The van der Waals surface area contributed by atoms with E-state index in [9.17, 15) is 19.2 Å². The average Bonchev–Trinajstić information content (AvgIpc) is 3.26. The van der Waals surface area contributed by atoms with Gasteiger partial charge in [0, 0.05) is 22.7 Å². The van der Waals surface area contributed by atoms with E-state index in [0.717, 1.165) is 33.1 Å². The van der Waals surface area contributed by atoms with Crippen molar-refractivity contribution in [3.63, 3.8) is 0 Å². The van der Waals surface area contributed by atoms with Gasteiger partial charge in [0.05, 0.1) is 10.9 Å². The number of carbonyl (C=O) groups is 4. The summed E-state index contributed by atoms with van der Waals surface area (Å²) in [6.45, 7) is 1.56. The molecule has 3 aromatic rings. The number of nitrogens with one attached hydrogen (secondary N) is 1. The first-order valence-electron chi connectivity index (χ1n) is 10.3. The van der Waals surface area contributed by atoms with Crippen molar-refractivity contribution in [2.45, 2.75) is 19.5 Å². The number of fused-ring (bicyclic) bond motifs is 1. The molecule has 1 aliphatic heterocycles. The van der Waals surface area contributed by atoms with Crippen molar-refractivity contribution < 1.29 is 19.2 Å². The zero-order valence-electron chi connectivity index (χ0n) is 17.9. The van der Waals surface area contributed by atoms with Crippen molar-refractivity contribution in [1.29, 1.82) is 0 Å². The highest BCUT2D eigenvalue weighted by Gasteiger charge is 2.36. The van der Waals surface area contributed by atoms with E-state index in [1.54, 1.807) is 12.3 Å². The maximum Gasteiger partial charge on any atom is 0.294 e. The number of benzene rings is 2. The Balaban J connectivity index is 1.58. The van der Waals surface area contributed by atoms with Crippen LogP contribution in [0.4, 0.5) is 4.79 Å². The molecule has 1 aliphatic rings. The number of nitrogens with two attached hydrogens (primary N) is 1. The normalized spacial score (nSPS) is 15.9. The molecule has 0 spiro atoms. The van der Waals surface area contributed by atoms with Crippen LogP contribution in [0.15, 0.2) is 65.7 Å². The lowest BCUT2D eigenvalue weighted by molar-refractivity contribution is -0.127. The van der Waals surface area contributed by atoms with Gasteiger partial charge in [0.15, 0.2) is 0 Å². The monoisotopic (exact) mass is 462 g/mol. The Labute approximate surface area is 194 Å². The van der Waals surface area contributed by atoms with Crippen molar-refractivity contribution >= 4 is 51.7 Å². The van der Waals surface area contributed by atoms with Gasteiger partial charge in [-0.2, -0.15) is 0 Å². The summed E-state index contributed by atoms with van der Waals surface area (Å²) in [6.07, 6.45) is 3.38. The molecule has 1 fully saturated rings. The Morgan fingerprint density at radius 3 is 2.48 bits per heavy atom. The number of hydrogen-bond donors (Lipinski definition) is 2. The summed E-state index contributed by atoms with van der Waals surface area (Å²) in [5.74, 6) is -1.47. The second-order valence-electron chi connectivity index (χ2n) is 7.66. The molecular formula is C24H22N4O4S. The second kappa shape index (κ2) is 9.33. The Bertz CT molecular complexity index is 1280. The van der Waals surface area contributed by atoms with Crippen molar-refractivity contribution in [3.05, 3.63) is 76.8 Å². The minimum Gasteiger partial charge on any atom is -0.368 e. The molecule has 1 unspecified atom stereocenters. The minimum absolute atomic E-state index is 0.0919. The van der Waals surface area contributed by atoms with Gasteiger partial charge < -0.3 is 15.6 Å². The van der Waals surface area contributed by atoms with E-state index in [1.807, 2.05) is 66.1 Å². The highest BCUT2D eigenvalue weighted by molar-refractivity contribution is 8.18. The van der Waals surface area contributed by atoms with E-state index >= 15 is 0 Å². The summed E-state index contributed by atoms with van der Waals surface area (Å²) in [7, 11) is 0. The molecule has 168 valence electrons. The summed E-state index contributed by atoms with van der Waals surface area (Å²) in [6, 6.07) is 17.1. The van der Waals surface area contributed by atoms with Crippen LogP contribution in [-0.2, 0) is 20.9 Å². The standard InChI is InChI=1S/C24H22N4O4S/c1-15(16-7-3-2-4-8-16)26-22(30)14-27-12-17(18-9-5-6-10-19(18)27)11-20-23(31)28(13-21(25)29)24(32)33-20/h2-12,15H,13-14H2,1H3,(H2,25,29)(H,26,30)/b20-11-. The van der Waals surface area contributed by atoms with E-state index in [4.69, 9.17) is 5.73 Å². The van der Waals surface area contributed by atoms with Crippen LogP contribution in [0.3, 0.4) is 0 Å². The van der Waals surface area contributed by atoms with Crippen LogP contribution < -0.4 is 11.1 Å². The third kappa shape index (κ3) is 4.83. The highest BCUT2D eigenvalue weighted by Crippen LogP contribution is 2.34. The van der Waals surface area contributed by atoms with Crippen molar-refractivity contribution in [1.82, 2.24) is 14.8 Å². The number of aromatic nitrogens is 1. The summed E-state index contributed by atoms with van der Waals surface area (Å²) < 4.78 is 1.81. The van der Waals surface area contributed by atoms with Gasteiger partial charge in [-0.1, -0.05) is 48.5 Å². The lowest BCUT2D eigenvalue weighted by Gasteiger charge is -2.15. The minimum atomic E-state index is -0.758. The number of nitrogens with zero attached hydrogens (tertiary/aromatic N) is 2. The number of imide groups is 1. The molecule has 9 heteroatoms. The average molecular weight is 463 g/mol. The molecule has 2 heterocycles. The number of hydrogen-bond acceptors (Lipinski definition) is 5. The topological polar surface area (TPSA) is 114 Å². The quantitative estimate of drug-likeness (QED) is 0.524. The molecule has 33 heavy (non-hydrogen) atoms. The van der Waals surface area contributed by atoms with Gasteiger partial charge in [-0.3, -0.25) is 24.1 Å². The SMILES string of the molecule is CC(NC(=O)Cn1cc(/C=C2\SC(=O)N(CC(N)=O)C2=O)c2ccccc21)c1ccccc1. The van der Waals surface area contributed by atoms with Crippen LogP contribution in [0.25, 0.3) is 17.0 Å². The zero-order chi connectivity index (χ0) is 23.5. The van der Waals surface area contributed by atoms with Gasteiger partial charge in [0.1, 0.15) is 13.1 Å². The lowest BCUT2D eigenvalue weighted by atomic mass is 10.1. The molecule has 1 aromatic heterocycles. The first kappa shape index (κ1) is 22.3. The Morgan fingerprint density at radius 2 is 1.76 bits per heavy atom. The Morgan fingerprint density at radius 1 is 1.06 bits per heavy atom. The first-order chi connectivity index (χ1) is 15.8. The van der Waals surface area contributed by atoms with Crippen LogP contribution in [0, 0.1) is 0 Å². The molecule has 3 N–H and O–H groups in total. The fourth-order valence-electron chi connectivity index (χ4n) is 3.72. The van der Waals surface area contributed by atoms with E-state index in [-0.39, 0.29) is 23.4 Å². The van der Waals surface area contributed by atoms with E-state index < -0.39 is 23.6 Å². The van der Waals surface area contributed by atoms with Gasteiger partial charge in [0.25, 0.3) is 11.1 Å². The summed E-state index contributed by atoms with van der Waals surface area (Å²) in [5.41, 5.74) is 7.66. The molecule has 0 aliphatic carbocycles. The third-order valence-electron chi connectivity index (χ3n) is 5.28. The van der Waals surface area contributed by atoms with Crippen LogP contribution in [0.5, 0.6) is 0 Å². The van der Waals surface area contributed by atoms with Gasteiger partial charge in [-0.15, -0.1) is 0 Å². The predicted octanol–water partition coefficient (Wildman–Crippen LogP) is 3.04. The number of para-hydroxylation sites is 1. The maximum absolute atomic E-state index is 12.7. The van der Waals surface area contributed by atoms with Crippen molar-refractivity contribution in [2.24, 2.45) is 5.73 Å². The largest absolute Gasteiger partial charge is 0.368 e. The van der Waals surface area contributed by atoms with Crippen LogP contribution in [0.1, 0.15) is 24.1 Å². The van der Waals surface area contributed by atoms with Gasteiger partial charge in [0.2, 0.25) is 11.8 Å². The number of amides is 4. The van der Waals surface area contributed by atoms with E-state index in [0.29, 0.717) is 5.56 Å². The van der Waals surface area contributed by atoms with Gasteiger partial charge in [-0.25, -0.2) is 0 Å². The predicted molar refractivity (Wildman–Crippen MR) is 127 cm³/mol. The van der Waals surface area contributed by atoms with Crippen LogP contribution in [0.2, 0.25) is 0 Å². The second-order valence-corrected chi connectivity index (χ2v) is 8.66. The molecule has 4 amide bonds. The Kier molecular flexibility index (Phi) is 6.32. The molecule has 0 bridgehead atoms. The van der Waals surface area contributed by atoms with Gasteiger partial charge in [-0.05, 0) is 36.4 Å². The molecule has 0 saturated carbocycles. The Hall–Kier alpha value is -3.85. The first-order valence-corrected chi connectivity index (χ1v) is 11.1. The summed E-state index contributed by atoms with van der Waals surface area (Å²) in [4.78, 5) is 49.6. The molecule has 1 saturated heterocycles. The van der Waals surface area contributed by atoms with Gasteiger partial charge >= 0.3 is 0 Å². The van der Waals surface area contributed by atoms with Crippen molar-refractivity contribution in [2.75, 3.05) is 6.54 Å². The van der Waals surface area contributed by atoms with E-state index in [2.05, 4.69) is 5.32 Å². The fourth-order valence-corrected chi connectivity index (χ4v) is 4.55. The third-order valence-corrected chi connectivity index (χ3v) is 6.19. The maximum atomic E-state index is 12.7. The highest BCUT2D eigenvalue weighted by atomic mass is 32.2. The molecule has 0 radical (unpaired) electrons. The molecule has 2 aromatic carbocycles. The van der Waals surface area contributed by atoms with Crippen LogP contribution >= 0.6 is 11.8 Å². The molecule has 8 nitrogen and oxygen atoms in total. The van der Waals surface area contributed by atoms with Crippen molar-refractivity contribution in [3.8, 4) is 0 Å². The molecular weight excluding hydrogens is 440 g/mol. The smallest absolute Gasteiger partial charge is 0.294 e. The lowest BCUT2D eigenvalue weighted by Crippen LogP contribution is -2.36. The molecule has 1 atom stereocenters. The number of primary amides is 1. The number of rotatable bonds is 7. The number of carbonyl (C=O) groups excluding carboxylic acids is 4. The summed E-state index contributed by atoms with van der Waals surface area (Å²) in [5, 5.41) is 3.30. The summed E-state index contributed by atoms with van der Waals surface area (Å²) >= 11 is 0.759. The number of thioether (sulfide) groups is 1. The zero-order valence-corrected chi connectivity index (χ0v) is 18.7.